The maximum atomic E-state index is 12.0. The molecule has 1 amide bonds. The molecule has 0 bridgehead atoms. The van der Waals surface area contributed by atoms with Crippen molar-refractivity contribution >= 4 is 21.8 Å². The molecular formula is C13H22BrN3O2. The van der Waals surface area contributed by atoms with Gasteiger partial charge in [-0.25, -0.2) is 0 Å². The fourth-order valence-corrected chi connectivity index (χ4v) is 2.20. The number of carbonyl (C=O) groups excluding carboxylic acids is 1. The number of hydrogen-bond donors (Lipinski definition) is 1. The Morgan fingerprint density at radius 3 is 2.89 bits per heavy atom. The Labute approximate surface area is 123 Å². The number of hydrogen-bond acceptors (Lipinski definition) is 3. The summed E-state index contributed by atoms with van der Waals surface area (Å²) in [7, 11) is 3.70. The molecule has 0 aromatic carbocycles. The average Bonchev–Trinajstić information content (AvgIpc) is 2.77. The van der Waals surface area contributed by atoms with E-state index in [1.54, 1.807) is 7.11 Å². The fourth-order valence-electron chi connectivity index (χ4n) is 1.74. The topological polar surface area (TPSA) is 46.5 Å². The second kappa shape index (κ2) is 8.35. The molecule has 0 aliphatic carbocycles. The molecule has 0 spiro atoms. The molecule has 1 aromatic heterocycles. The summed E-state index contributed by atoms with van der Waals surface area (Å²) in [5.41, 5.74) is 0.689. The lowest BCUT2D eigenvalue weighted by Crippen LogP contribution is -2.35. The van der Waals surface area contributed by atoms with E-state index in [2.05, 4.69) is 26.1 Å². The van der Waals surface area contributed by atoms with E-state index in [0.717, 1.165) is 24.1 Å². The van der Waals surface area contributed by atoms with Gasteiger partial charge in [-0.05, 0) is 36.0 Å². The maximum absolute atomic E-state index is 12.0. The highest BCUT2D eigenvalue weighted by Gasteiger charge is 2.11. The largest absolute Gasteiger partial charge is 0.383 e. The fraction of sp³-hybridized carbons (Fsp3) is 0.615. The van der Waals surface area contributed by atoms with Crippen LogP contribution in [-0.2, 0) is 11.3 Å². The Morgan fingerprint density at radius 1 is 1.53 bits per heavy atom. The summed E-state index contributed by atoms with van der Waals surface area (Å²) >= 11 is 3.39. The predicted octanol–water partition coefficient (Wildman–Crippen LogP) is 1.58. The normalized spacial score (nSPS) is 11.0. The molecule has 0 radical (unpaired) electrons. The number of rotatable bonds is 8. The first-order valence-corrected chi connectivity index (χ1v) is 7.19. The van der Waals surface area contributed by atoms with Crippen molar-refractivity contribution in [2.75, 3.05) is 40.4 Å². The monoisotopic (exact) mass is 331 g/mol. The lowest BCUT2D eigenvalue weighted by Gasteiger charge is -2.16. The Hall–Kier alpha value is -0.850. The molecule has 5 nitrogen and oxygen atoms in total. The van der Waals surface area contributed by atoms with Gasteiger partial charge in [0.05, 0.1) is 6.61 Å². The van der Waals surface area contributed by atoms with Crippen LogP contribution in [0.25, 0.3) is 0 Å². The minimum Gasteiger partial charge on any atom is -0.383 e. The molecule has 1 aromatic rings. The van der Waals surface area contributed by atoms with Crippen molar-refractivity contribution in [3.05, 3.63) is 22.4 Å². The number of carbonyl (C=O) groups is 1. The SMILES string of the molecule is CCn1cc(Br)cc1C(=O)NCCN(C)CCOC. The minimum atomic E-state index is -0.0345. The number of nitrogens with zero attached hydrogens (tertiary/aromatic N) is 2. The van der Waals surface area contributed by atoms with Crippen molar-refractivity contribution < 1.29 is 9.53 Å². The predicted molar refractivity (Wildman–Crippen MR) is 79.5 cm³/mol. The van der Waals surface area contributed by atoms with Crippen molar-refractivity contribution in [1.29, 1.82) is 0 Å². The van der Waals surface area contributed by atoms with Gasteiger partial charge < -0.3 is 19.5 Å². The molecule has 6 heteroatoms. The summed E-state index contributed by atoms with van der Waals surface area (Å²) in [5, 5.41) is 2.93. The third-order valence-corrected chi connectivity index (χ3v) is 3.33. The van der Waals surface area contributed by atoms with Gasteiger partial charge in [-0.15, -0.1) is 0 Å². The second-order valence-electron chi connectivity index (χ2n) is 4.38. The highest BCUT2D eigenvalue weighted by molar-refractivity contribution is 9.10. The van der Waals surface area contributed by atoms with Gasteiger partial charge in [0.25, 0.3) is 5.91 Å². The standard InChI is InChI=1S/C13H22BrN3O2/c1-4-17-10-11(14)9-12(17)13(18)15-5-6-16(2)7-8-19-3/h9-10H,4-8H2,1-3H3,(H,15,18). The van der Waals surface area contributed by atoms with Gasteiger partial charge in [0.2, 0.25) is 0 Å². The van der Waals surface area contributed by atoms with Crippen LogP contribution >= 0.6 is 15.9 Å². The van der Waals surface area contributed by atoms with Gasteiger partial charge in [-0.3, -0.25) is 4.79 Å². The van der Waals surface area contributed by atoms with E-state index in [4.69, 9.17) is 4.74 Å². The summed E-state index contributed by atoms with van der Waals surface area (Å²) in [5.74, 6) is -0.0345. The zero-order valence-electron chi connectivity index (χ0n) is 11.8. The van der Waals surface area contributed by atoms with E-state index >= 15 is 0 Å². The highest BCUT2D eigenvalue weighted by Crippen LogP contribution is 2.14. The smallest absolute Gasteiger partial charge is 0.267 e. The molecule has 1 rings (SSSR count). The zero-order valence-corrected chi connectivity index (χ0v) is 13.4. The van der Waals surface area contributed by atoms with Crippen LogP contribution in [0.4, 0.5) is 0 Å². The zero-order chi connectivity index (χ0) is 14.3. The van der Waals surface area contributed by atoms with Gasteiger partial charge in [0.1, 0.15) is 5.69 Å². The molecule has 1 N–H and O–H groups in total. The summed E-state index contributed by atoms with van der Waals surface area (Å²) in [6.45, 7) is 5.80. The summed E-state index contributed by atoms with van der Waals surface area (Å²) < 4.78 is 7.86. The molecule has 19 heavy (non-hydrogen) atoms. The van der Waals surface area contributed by atoms with Crippen molar-refractivity contribution in [3.63, 3.8) is 0 Å². The van der Waals surface area contributed by atoms with Gasteiger partial charge in [-0.2, -0.15) is 0 Å². The quantitative estimate of drug-likeness (QED) is 0.786. The van der Waals surface area contributed by atoms with Gasteiger partial charge >= 0.3 is 0 Å². The van der Waals surface area contributed by atoms with E-state index < -0.39 is 0 Å². The van der Waals surface area contributed by atoms with E-state index in [1.807, 2.05) is 30.8 Å². The van der Waals surface area contributed by atoms with Crippen LogP contribution in [0.1, 0.15) is 17.4 Å². The number of amides is 1. The molecule has 0 aliphatic rings. The number of methoxy groups -OCH3 is 1. The van der Waals surface area contributed by atoms with Gasteiger partial charge in [0.15, 0.2) is 0 Å². The lowest BCUT2D eigenvalue weighted by atomic mass is 10.4. The molecular weight excluding hydrogens is 310 g/mol. The van der Waals surface area contributed by atoms with Crippen LogP contribution in [0, 0.1) is 0 Å². The Kier molecular flexibility index (Phi) is 7.12. The summed E-state index contributed by atoms with van der Waals surface area (Å²) in [6.07, 6.45) is 1.92. The number of ether oxygens (including phenoxy) is 1. The molecule has 1 heterocycles. The van der Waals surface area contributed by atoms with E-state index in [9.17, 15) is 4.79 Å². The van der Waals surface area contributed by atoms with Crippen LogP contribution in [0.3, 0.4) is 0 Å². The number of aromatic nitrogens is 1. The minimum absolute atomic E-state index is 0.0345. The third kappa shape index (κ3) is 5.34. The van der Waals surface area contributed by atoms with E-state index in [0.29, 0.717) is 18.8 Å². The first-order valence-electron chi connectivity index (χ1n) is 6.39. The average molecular weight is 332 g/mol. The van der Waals surface area contributed by atoms with E-state index in [-0.39, 0.29) is 5.91 Å². The van der Waals surface area contributed by atoms with Crippen LogP contribution < -0.4 is 5.32 Å². The van der Waals surface area contributed by atoms with Crippen molar-refractivity contribution in [2.24, 2.45) is 0 Å². The number of likely N-dealkylation sites (N-methyl/N-ethyl adjacent to an activating group) is 1. The van der Waals surface area contributed by atoms with Crippen molar-refractivity contribution in [1.82, 2.24) is 14.8 Å². The molecule has 0 atom stereocenters. The molecule has 0 fully saturated rings. The first-order chi connectivity index (χ1) is 9.08. The lowest BCUT2D eigenvalue weighted by molar-refractivity contribution is 0.0938. The Morgan fingerprint density at radius 2 is 2.26 bits per heavy atom. The van der Waals surface area contributed by atoms with Crippen molar-refractivity contribution in [3.8, 4) is 0 Å². The summed E-state index contributed by atoms with van der Waals surface area (Å²) in [4.78, 5) is 14.2. The van der Waals surface area contributed by atoms with Crippen LogP contribution in [-0.4, -0.2) is 55.8 Å². The number of aryl methyl sites for hydroxylation is 1. The highest BCUT2D eigenvalue weighted by atomic mass is 79.9. The maximum Gasteiger partial charge on any atom is 0.267 e. The van der Waals surface area contributed by atoms with Gasteiger partial charge in [-0.1, -0.05) is 0 Å². The number of nitrogens with one attached hydrogen (secondary N) is 1. The van der Waals surface area contributed by atoms with Gasteiger partial charge in [0, 0.05) is 44.0 Å². The Balaban J connectivity index is 2.38. The summed E-state index contributed by atoms with van der Waals surface area (Å²) in [6, 6.07) is 1.84. The van der Waals surface area contributed by atoms with Crippen molar-refractivity contribution in [2.45, 2.75) is 13.5 Å². The first kappa shape index (κ1) is 16.2. The molecule has 0 saturated carbocycles. The molecule has 0 unspecified atom stereocenters. The second-order valence-corrected chi connectivity index (χ2v) is 5.30. The van der Waals surface area contributed by atoms with Crippen LogP contribution in [0.15, 0.2) is 16.7 Å². The number of halogens is 1. The van der Waals surface area contributed by atoms with E-state index in [1.165, 1.54) is 0 Å². The molecule has 0 saturated heterocycles. The Bertz CT molecular complexity index is 407. The molecule has 0 aliphatic heterocycles. The van der Waals surface area contributed by atoms with Crippen LogP contribution in [0.5, 0.6) is 0 Å². The molecule has 108 valence electrons. The van der Waals surface area contributed by atoms with Crippen LogP contribution in [0.2, 0.25) is 0 Å². The third-order valence-electron chi connectivity index (χ3n) is 2.89.